The first-order valence-electron chi connectivity index (χ1n) is 11.7. The standard InChI is InChI=1S/C24H26ClF2NO5S2/c1-2-3-16-12-17-18-13-33-23-20(27)9-8-19(26)22(23)24(18,11-10-21(17)28-35(16,31)32)34(29,30)15-6-4-14(25)5-7-15/h4-9,16-18,21,28H,2-3,10-13H2,1H3/t16-,17+,18+,21-,24+/m1/s1. The molecule has 6 nitrogen and oxygen atoms in total. The van der Waals surface area contributed by atoms with Gasteiger partial charge in [-0.25, -0.2) is 30.3 Å². The summed E-state index contributed by atoms with van der Waals surface area (Å²) >= 11 is 5.98. The van der Waals surface area contributed by atoms with Gasteiger partial charge in [0.25, 0.3) is 0 Å². The second kappa shape index (κ2) is 8.68. The molecule has 190 valence electrons. The van der Waals surface area contributed by atoms with Crippen molar-refractivity contribution < 1.29 is 30.4 Å². The van der Waals surface area contributed by atoms with E-state index in [9.17, 15) is 21.2 Å². The number of hydrogen-bond acceptors (Lipinski definition) is 5. The second-order valence-electron chi connectivity index (χ2n) is 9.62. The van der Waals surface area contributed by atoms with E-state index < -0.39 is 65.1 Å². The highest BCUT2D eigenvalue weighted by Crippen LogP contribution is 2.59. The topological polar surface area (TPSA) is 89.5 Å². The Morgan fingerprint density at radius 1 is 1.14 bits per heavy atom. The molecule has 0 amide bonds. The lowest BCUT2D eigenvalue weighted by molar-refractivity contribution is 0.0489. The van der Waals surface area contributed by atoms with Crippen LogP contribution in [0.5, 0.6) is 5.75 Å². The van der Waals surface area contributed by atoms with Gasteiger partial charge in [-0.1, -0.05) is 24.9 Å². The predicted octanol–water partition coefficient (Wildman–Crippen LogP) is 4.57. The lowest BCUT2D eigenvalue weighted by atomic mass is 9.64. The Labute approximate surface area is 209 Å². The summed E-state index contributed by atoms with van der Waals surface area (Å²) in [7, 11) is -7.86. The van der Waals surface area contributed by atoms with Crippen LogP contribution in [-0.2, 0) is 24.6 Å². The first kappa shape index (κ1) is 24.9. The van der Waals surface area contributed by atoms with Crippen LogP contribution < -0.4 is 9.46 Å². The molecule has 2 fully saturated rings. The minimum Gasteiger partial charge on any atom is -0.490 e. The molecule has 0 spiro atoms. The molecule has 3 aliphatic rings. The molecular formula is C24H26ClF2NO5S2. The van der Waals surface area contributed by atoms with Gasteiger partial charge in [0.2, 0.25) is 10.0 Å². The maximum absolute atomic E-state index is 15.5. The molecule has 1 saturated heterocycles. The van der Waals surface area contributed by atoms with Gasteiger partial charge in [0.15, 0.2) is 21.4 Å². The van der Waals surface area contributed by atoms with Crippen LogP contribution in [-0.4, -0.2) is 34.7 Å². The van der Waals surface area contributed by atoms with E-state index in [0.717, 1.165) is 12.1 Å². The third-order valence-electron chi connectivity index (χ3n) is 7.85. The molecule has 5 rings (SSSR count). The van der Waals surface area contributed by atoms with Gasteiger partial charge < -0.3 is 4.74 Å². The quantitative estimate of drug-likeness (QED) is 0.608. The molecule has 0 aromatic heterocycles. The molecule has 35 heavy (non-hydrogen) atoms. The summed E-state index contributed by atoms with van der Waals surface area (Å²) in [4.78, 5) is -0.0524. The lowest BCUT2D eigenvalue weighted by Crippen LogP contribution is -2.63. The number of ether oxygens (including phenoxy) is 1. The van der Waals surface area contributed by atoms with Gasteiger partial charge in [0, 0.05) is 17.0 Å². The van der Waals surface area contributed by atoms with E-state index in [4.69, 9.17) is 16.3 Å². The van der Waals surface area contributed by atoms with Gasteiger partial charge >= 0.3 is 0 Å². The Hall–Kier alpha value is -1.75. The first-order valence-corrected chi connectivity index (χ1v) is 15.1. The van der Waals surface area contributed by atoms with Crippen LogP contribution in [0.3, 0.4) is 0 Å². The summed E-state index contributed by atoms with van der Waals surface area (Å²) in [6, 6.07) is 6.97. The fourth-order valence-corrected chi connectivity index (χ4v) is 10.8. The first-order chi connectivity index (χ1) is 16.5. The maximum atomic E-state index is 15.5. The summed E-state index contributed by atoms with van der Waals surface area (Å²) in [6.45, 7) is 1.72. The van der Waals surface area contributed by atoms with Gasteiger partial charge in [-0.3, -0.25) is 0 Å². The minimum absolute atomic E-state index is 0.0524. The maximum Gasteiger partial charge on any atom is 0.214 e. The normalized spacial score (nSPS) is 31.5. The van der Waals surface area contributed by atoms with Crippen molar-refractivity contribution in [3.8, 4) is 5.75 Å². The summed E-state index contributed by atoms with van der Waals surface area (Å²) < 4.78 is 91.3. The van der Waals surface area contributed by atoms with Crippen LogP contribution in [0.1, 0.15) is 44.6 Å². The number of fused-ring (bicyclic) bond motifs is 5. The van der Waals surface area contributed by atoms with E-state index in [0.29, 0.717) is 17.9 Å². The van der Waals surface area contributed by atoms with Gasteiger partial charge in [-0.05, 0) is 68.0 Å². The summed E-state index contributed by atoms with van der Waals surface area (Å²) in [6.07, 6.45) is 1.37. The Balaban J connectivity index is 1.73. The highest BCUT2D eigenvalue weighted by molar-refractivity contribution is 7.92. The zero-order valence-corrected chi connectivity index (χ0v) is 21.4. The molecule has 1 N–H and O–H groups in total. The number of nitrogens with one attached hydrogen (secondary N) is 1. The molecule has 1 aliphatic carbocycles. The van der Waals surface area contributed by atoms with Crippen molar-refractivity contribution in [2.75, 3.05) is 6.61 Å². The van der Waals surface area contributed by atoms with E-state index in [2.05, 4.69) is 4.72 Å². The van der Waals surface area contributed by atoms with E-state index in [-0.39, 0.29) is 36.3 Å². The summed E-state index contributed by atoms with van der Waals surface area (Å²) in [5.41, 5.74) is -0.303. The van der Waals surface area contributed by atoms with Crippen molar-refractivity contribution in [1.29, 1.82) is 0 Å². The van der Waals surface area contributed by atoms with Crippen molar-refractivity contribution in [2.24, 2.45) is 11.8 Å². The number of hydrogen-bond donors (Lipinski definition) is 1. The van der Waals surface area contributed by atoms with Crippen molar-refractivity contribution in [2.45, 2.75) is 60.0 Å². The van der Waals surface area contributed by atoms with Gasteiger partial charge in [0.05, 0.1) is 22.3 Å². The van der Waals surface area contributed by atoms with Crippen LogP contribution in [0.25, 0.3) is 0 Å². The number of rotatable bonds is 4. The average Bonchev–Trinajstić information content (AvgIpc) is 2.81. The SMILES string of the molecule is CCC[C@@H]1C[C@@H]2[C@@H](CC[C@@]3(S(=O)(=O)c4ccc(Cl)cc4)c4c(F)ccc(F)c4OC[C@@H]23)NS1(=O)=O. The predicted molar refractivity (Wildman–Crippen MR) is 128 cm³/mol. The van der Waals surface area contributed by atoms with E-state index in [1.54, 1.807) is 0 Å². The molecule has 0 bridgehead atoms. The molecule has 0 unspecified atom stereocenters. The molecule has 1 saturated carbocycles. The zero-order valence-electron chi connectivity index (χ0n) is 19.0. The molecule has 0 radical (unpaired) electrons. The van der Waals surface area contributed by atoms with Gasteiger partial charge in [-0.2, -0.15) is 0 Å². The van der Waals surface area contributed by atoms with E-state index >= 15 is 4.39 Å². The van der Waals surface area contributed by atoms with Gasteiger partial charge in [-0.15, -0.1) is 0 Å². The van der Waals surface area contributed by atoms with Crippen LogP contribution in [0.15, 0.2) is 41.3 Å². The Morgan fingerprint density at radius 3 is 2.51 bits per heavy atom. The zero-order chi connectivity index (χ0) is 25.2. The van der Waals surface area contributed by atoms with E-state index in [1.807, 2.05) is 6.92 Å². The molecular weight excluding hydrogens is 520 g/mol. The van der Waals surface area contributed by atoms with Crippen LogP contribution in [0, 0.1) is 23.5 Å². The molecule has 5 atom stereocenters. The monoisotopic (exact) mass is 545 g/mol. The summed E-state index contributed by atoms with van der Waals surface area (Å²) in [5.74, 6) is -3.29. The number of sulfone groups is 1. The van der Waals surface area contributed by atoms with Crippen LogP contribution >= 0.6 is 11.6 Å². The van der Waals surface area contributed by atoms with Crippen LogP contribution in [0.4, 0.5) is 8.78 Å². The Morgan fingerprint density at radius 2 is 1.83 bits per heavy atom. The van der Waals surface area contributed by atoms with Crippen molar-refractivity contribution in [3.05, 3.63) is 58.6 Å². The average molecular weight is 546 g/mol. The smallest absolute Gasteiger partial charge is 0.214 e. The van der Waals surface area contributed by atoms with Crippen molar-refractivity contribution in [3.63, 3.8) is 0 Å². The van der Waals surface area contributed by atoms with Crippen molar-refractivity contribution in [1.82, 2.24) is 4.72 Å². The third kappa shape index (κ3) is 3.70. The number of benzene rings is 2. The molecule has 2 aromatic carbocycles. The lowest BCUT2D eigenvalue weighted by Gasteiger charge is -2.54. The highest BCUT2D eigenvalue weighted by Gasteiger charge is 2.64. The molecule has 2 aliphatic heterocycles. The van der Waals surface area contributed by atoms with E-state index in [1.165, 1.54) is 24.3 Å². The van der Waals surface area contributed by atoms with Crippen LogP contribution in [0.2, 0.25) is 5.02 Å². The third-order valence-corrected chi connectivity index (χ3v) is 12.6. The fourth-order valence-electron chi connectivity index (χ4n) is 6.31. The van der Waals surface area contributed by atoms with Crippen molar-refractivity contribution >= 4 is 31.5 Å². The highest BCUT2D eigenvalue weighted by atomic mass is 35.5. The fraction of sp³-hybridized carbons (Fsp3) is 0.500. The second-order valence-corrected chi connectivity index (χ2v) is 14.3. The molecule has 2 heterocycles. The summed E-state index contributed by atoms with van der Waals surface area (Å²) in [5, 5.41) is -0.350. The molecule has 2 aromatic rings. The minimum atomic E-state index is -4.28. The Kier molecular flexibility index (Phi) is 6.18. The molecule has 11 heteroatoms. The van der Waals surface area contributed by atoms with Gasteiger partial charge in [0.1, 0.15) is 10.6 Å². The number of halogens is 3. The Bertz CT molecular complexity index is 1370. The largest absolute Gasteiger partial charge is 0.490 e. The number of sulfonamides is 1.